The topological polar surface area (TPSA) is 34.1 Å². The molecule has 96 valence electrons. The molecule has 0 bridgehead atoms. The number of hydrogen-bond acceptors (Lipinski definition) is 2. The summed E-state index contributed by atoms with van der Waals surface area (Å²) >= 11 is 0. The molecule has 0 heterocycles. The van der Waals surface area contributed by atoms with Gasteiger partial charge in [-0.25, -0.2) is 0 Å². The van der Waals surface area contributed by atoms with E-state index in [0.717, 1.165) is 49.9 Å². The van der Waals surface area contributed by atoms with Crippen molar-refractivity contribution in [1.82, 2.24) is 0 Å². The van der Waals surface area contributed by atoms with Crippen molar-refractivity contribution in [3.63, 3.8) is 0 Å². The molecular weight excluding hydrogens is 212 g/mol. The van der Waals surface area contributed by atoms with Gasteiger partial charge in [-0.05, 0) is 43.6 Å². The van der Waals surface area contributed by atoms with Crippen molar-refractivity contribution in [2.45, 2.75) is 64.7 Å². The third-order valence-electron chi connectivity index (χ3n) is 3.68. The predicted octanol–water partition coefficient (Wildman–Crippen LogP) is 3.84. The van der Waals surface area contributed by atoms with Crippen molar-refractivity contribution in [2.24, 2.45) is 5.92 Å². The van der Waals surface area contributed by atoms with Crippen LogP contribution >= 0.6 is 0 Å². The third kappa shape index (κ3) is 5.29. The van der Waals surface area contributed by atoms with Crippen LogP contribution in [0.5, 0.6) is 0 Å². The molecule has 1 unspecified atom stereocenters. The van der Waals surface area contributed by atoms with Crippen LogP contribution in [-0.4, -0.2) is 12.1 Å². The van der Waals surface area contributed by atoms with Crippen LogP contribution in [0.1, 0.15) is 64.7 Å². The highest BCUT2D eigenvalue weighted by molar-refractivity contribution is 5.95. The van der Waals surface area contributed by atoms with E-state index in [1.54, 1.807) is 0 Å². The molecule has 1 atom stereocenters. The van der Waals surface area contributed by atoms with Crippen LogP contribution in [0.15, 0.2) is 11.6 Å². The molecule has 0 N–H and O–H groups in total. The summed E-state index contributed by atoms with van der Waals surface area (Å²) in [5, 5.41) is 0. The molecule has 1 rings (SSSR count). The normalized spacial score (nSPS) is 19.8. The summed E-state index contributed by atoms with van der Waals surface area (Å²) in [5.74, 6) is 1.13. The Morgan fingerprint density at radius 3 is 2.82 bits per heavy atom. The van der Waals surface area contributed by atoms with Crippen molar-refractivity contribution >= 4 is 12.1 Å². The molecule has 2 nitrogen and oxygen atoms in total. The van der Waals surface area contributed by atoms with Gasteiger partial charge in [-0.1, -0.05) is 25.8 Å². The highest BCUT2D eigenvalue weighted by Crippen LogP contribution is 2.27. The molecule has 0 aliphatic heterocycles. The minimum atomic E-state index is 0.339. The van der Waals surface area contributed by atoms with Crippen LogP contribution in [0.25, 0.3) is 0 Å². The summed E-state index contributed by atoms with van der Waals surface area (Å²) in [6, 6.07) is 0. The van der Waals surface area contributed by atoms with E-state index in [1.165, 1.54) is 12.8 Å². The zero-order chi connectivity index (χ0) is 12.5. The second-order valence-electron chi connectivity index (χ2n) is 4.97. The summed E-state index contributed by atoms with van der Waals surface area (Å²) in [5.41, 5.74) is 1.06. The van der Waals surface area contributed by atoms with E-state index in [9.17, 15) is 9.59 Å². The van der Waals surface area contributed by atoms with E-state index in [1.807, 2.05) is 0 Å². The van der Waals surface area contributed by atoms with Crippen molar-refractivity contribution in [3.8, 4) is 0 Å². The van der Waals surface area contributed by atoms with Gasteiger partial charge in [0.15, 0.2) is 5.78 Å². The minimum absolute atomic E-state index is 0.339. The smallest absolute Gasteiger partial charge is 0.158 e. The lowest BCUT2D eigenvalue weighted by atomic mass is 9.85. The zero-order valence-electron chi connectivity index (χ0n) is 10.9. The predicted molar refractivity (Wildman–Crippen MR) is 69.9 cm³/mol. The standard InChI is InChI=1S/C15H24O2/c1-2-13-8-10-14(11-9-13)15(17)7-5-3-4-6-12-16/h10,12-13H,2-9,11H2,1H3. The van der Waals surface area contributed by atoms with E-state index in [2.05, 4.69) is 13.0 Å². The van der Waals surface area contributed by atoms with Crippen molar-refractivity contribution in [1.29, 1.82) is 0 Å². The van der Waals surface area contributed by atoms with E-state index in [4.69, 9.17) is 0 Å². The molecule has 1 aliphatic rings. The molecule has 0 saturated carbocycles. The maximum Gasteiger partial charge on any atom is 0.158 e. The Bertz CT molecular complexity index is 279. The number of hydrogen-bond donors (Lipinski definition) is 0. The SMILES string of the molecule is CCC1CC=C(C(=O)CCCCCC=O)CC1. The first kappa shape index (κ1) is 14.1. The number of carbonyl (C=O) groups excluding carboxylic acids is 2. The Labute approximate surface area is 104 Å². The third-order valence-corrected chi connectivity index (χ3v) is 3.68. The molecule has 17 heavy (non-hydrogen) atoms. The molecule has 2 heteroatoms. The Morgan fingerprint density at radius 1 is 1.41 bits per heavy atom. The van der Waals surface area contributed by atoms with Crippen LogP contribution < -0.4 is 0 Å². The maximum atomic E-state index is 11.9. The van der Waals surface area contributed by atoms with Gasteiger partial charge in [-0.2, -0.15) is 0 Å². The fourth-order valence-electron chi connectivity index (χ4n) is 2.36. The van der Waals surface area contributed by atoms with Gasteiger partial charge >= 0.3 is 0 Å². The molecule has 0 fully saturated rings. The lowest BCUT2D eigenvalue weighted by Gasteiger charge is -2.19. The first-order chi connectivity index (χ1) is 8.27. The van der Waals surface area contributed by atoms with Crippen LogP contribution in [0.2, 0.25) is 0 Å². The number of allylic oxidation sites excluding steroid dienone is 2. The summed E-state index contributed by atoms with van der Waals surface area (Å²) < 4.78 is 0. The van der Waals surface area contributed by atoms with Crippen molar-refractivity contribution < 1.29 is 9.59 Å². The average Bonchev–Trinajstić information content (AvgIpc) is 2.38. The van der Waals surface area contributed by atoms with Crippen molar-refractivity contribution in [2.75, 3.05) is 0 Å². The molecule has 0 radical (unpaired) electrons. The van der Waals surface area contributed by atoms with Gasteiger partial charge in [0.1, 0.15) is 6.29 Å². The van der Waals surface area contributed by atoms with Crippen molar-refractivity contribution in [3.05, 3.63) is 11.6 Å². The van der Waals surface area contributed by atoms with E-state index in [-0.39, 0.29) is 0 Å². The molecule has 1 aliphatic carbocycles. The highest BCUT2D eigenvalue weighted by Gasteiger charge is 2.16. The van der Waals surface area contributed by atoms with E-state index < -0.39 is 0 Å². The highest BCUT2D eigenvalue weighted by atomic mass is 16.1. The number of carbonyl (C=O) groups is 2. The van der Waals surface area contributed by atoms with E-state index in [0.29, 0.717) is 18.6 Å². The summed E-state index contributed by atoms with van der Waals surface area (Å²) in [6.07, 6.45) is 11.7. The second kappa shape index (κ2) is 8.21. The lowest BCUT2D eigenvalue weighted by molar-refractivity contribution is -0.116. The number of ketones is 1. The number of unbranched alkanes of at least 4 members (excludes halogenated alkanes) is 3. The minimum Gasteiger partial charge on any atom is -0.303 e. The number of Topliss-reactive ketones (excluding diaryl/α,β-unsaturated/α-hetero) is 1. The van der Waals surface area contributed by atoms with Gasteiger partial charge in [0, 0.05) is 12.8 Å². The molecule has 0 saturated heterocycles. The molecule has 0 aromatic carbocycles. The monoisotopic (exact) mass is 236 g/mol. The first-order valence-corrected chi connectivity index (χ1v) is 6.93. The van der Waals surface area contributed by atoms with Gasteiger partial charge in [0.25, 0.3) is 0 Å². The molecule has 0 aromatic heterocycles. The van der Waals surface area contributed by atoms with Gasteiger partial charge in [0.05, 0.1) is 0 Å². The summed E-state index contributed by atoms with van der Waals surface area (Å²) in [4.78, 5) is 22.0. The number of rotatable bonds is 8. The second-order valence-corrected chi connectivity index (χ2v) is 4.97. The Balaban J connectivity index is 2.19. The molecule has 0 spiro atoms. The zero-order valence-corrected chi connectivity index (χ0v) is 10.9. The molecule has 0 amide bonds. The first-order valence-electron chi connectivity index (χ1n) is 6.93. The van der Waals surface area contributed by atoms with Gasteiger partial charge in [-0.15, -0.1) is 0 Å². The fraction of sp³-hybridized carbons (Fsp3) is 0.733. The largest absolute Gasteiger partial charge is 0.303 e. The van der Waals surface area contributed by atoms with Crippen LogP contribution in [0, 0.1) is 5.92 Å². The quantitative estimate of drug-likeness (QED) is 0.474. The van der Waals surface area contributed by atoms with Crippen LogP contribution in [-0.2, 0) is 9.59 Å². The average molecular weight is 236 g/mol. The Morgan fingerprint density at radius 2 is 2.24 bits per heavy atom. The summed E-state index contributed by atoms with van der Waals surface area (Å²) in [7, 11) is 0. The Hall–Kier alpha value is -0.920. The van der Waals surface area contributed by atoms with Gasteiger partial charge in [-0.3, -0.25) is 4.79 Å². The number of aldehydes is 1. The molecular formula is C15H24O2. The van der Waals surface area contributed by atoms with Gasteiger partial charge in [0.2, 0.25) is 0 Å². The maximum absolute atomic E-state index is 11.9. The lowest BCUT2D eigenvalue weighted by Crippen LogP contribution is -2.11. The van der Waals surface area contributed by atoms with Gasteiger partial charge < -0.3 is 4.79 Å². The van der Waals surface area contributed by atoms with Crippen LogP contribution in [0.3, 0.4) is 0 Å². The summed E-state index contributed by atoms with van der Waals surface area (Å²) in [6.45, 7) is 2.22. The molecule has 0 aromatic rings. The van der Waals surface area contributed by atoms with Crippen LogP contribution in [0.4, 0.5) is 0 Å². The Kier molecular flexibility index (Phi) is 6.83. The van der Waals surface area contributed by atoms with E-state index >= 15 is 0 Å². The fourth-order valence-corrected chi connectivity index (χ4v) is 2.36.